The molecule has 1 saturated heterocycles. The van der Waals surface area contributed by atoms with E-state index in [0.29, 0.717) is 5.92 Å². The van der Waals surface area contributed by atoms with Crippen LogP contribution in [0.2, 0.25) is 0 Å². The van der Waals surface area contributed by atoms with E-state index in [9.17, 15) is 4.79 Å². The molecule has 0 aliphatic carbocycles. The average Bonchev–Trinajstić information content (AvgIpc) is 2.80. The molecule has 0 bridgehead atoms. The normalized spacial score (nSPS) is 16.0. The Hall–Kier alpha value is -2.03. The van der Waals surface area contributed by atoms with E-state index in [1.165, 1.54) is 5.56 Å². The molecule has 3 nitrogen and oxygen atoms in total. The lowest BCUT2D eigenvalue weighted by molar-refractivity contribution is 0.0710. The quantitative estimate of drug-likeness (QED) is 0.831. The van der Waals surface area contributed by atoms with Crippen molar-refractivity contribution in [3.05, 3.63) is 58.5 Å². The number of nitrogens with zero attached hydrogens (tertiary/aromatic N) is 1. The first-order chi connectivity index (χ1) is 10.6. The predicted octanol–water partition coefficient (Wildman–Crippen LogP) is 4.22. The van der Waals surface area contributed by atoms with E-state index in [1.807, 2.05) is 25.7 Å². The highest BCUT2D eigenvalue weighted by Gasteiger charge is 2.28. The van der Waals surface area contributed by atoms with Crippen LogP contribution < -0.4 is 0 Å². The van der Waals surface area contributed by atoms with E-state index in [1.54, 1.807) is 0 Å². The van der Waals surface area contributed by atoms with E-state index in [0.717, 1.165) is 48.6 Å². The monoisotopic (exact) mass is 297 g/mol. The van der Waals surface area contributed by atoms with Gasteiger partial charge in [0.25, 0.3) is 5.91 Å². The van der Waals surface area contributed by atoms with Gasteiger partial charge in [0.1, 0.15) is 11.5 Å². The van der Waals surface area contributed by atoms with Crippen LogP contribution in [0.15, 0.2) is 34.7 Å². The van der Waals surface area contributed by atoms with Crippen molar-refractivity contribution in [2.45, 2.75) is 39.5 Å². The van der Waals surface area contributed by atoms with Crippen molar-refractivity contribution in [2.75, 3.05) is 13.1 Å². The van der Waals surface area contributed by atoms with Crippen molar-refractivity contribution in [1.29, 1.82) is 0 Å². The number of likely N-dealkylation sites (tertiary alicyclic amines) is 1. The zero-order valence-corrected chi connectivity index (χ0v) is 13.6. The fourth-order valence-electron chi connectivity index (χ4n) is 3.41. The molecule has 1 fully saturated rings. The number of amides is 1. The molecule has 0 atom stereocenters. The van der Waals surface area contributed by atoms with Crippen LogP contribution in [-0.4, -0.2) is 23.9 Å². The van der Waals surface area contributed by atoms with E-state index < -0.39 is 0 Å². The van der Waals surface area contributed by atoms with Gasteiger partial charge in [0, 0.05) is 18.7 Å². The summed E-state index contributed by atoms with van der Waals surface area (Å²) in [5, 5.41) is 0. The largest absolute Gasteiger partial charge is 0.466 e. The summed E-state index contributed by atoms with van der Waals surface area (Å²) in [7, 11) is 0. The van der Waals surface area contributed by atoms with E-state index in [-0.39, 0.29) is 5.91 Å². The molecule has 116 valence electrons. The SMILES string of the molecule is Cc1oc(C)c(C(=O)N2CCC(c3ccccc3)CC2)c1C. The van der Waals surface area contributed by atoms with Gasteiger partial charge in [-0.25, -0.2) is 0 Å². The van der Waals surface area contributed by atoms with E-state index >= 15 is 0 Å². The number of carbonyl (C=O) groups is 1. The van der Waals surface area contributed by atoms with Crippen LogP contribution in [0.5, 0.6) is 0 Å². The van der Waals surface area contributed by atoms with Crippen molar-refractivity contribution in [3.63, 3.8) is 0 Å². The van der Waals surface area contributed by atoms with Crippen LogP contribution in [0, 0.1) is 20.8 Å². The first-order valence-corrected chi connectivity index (χ1v) is 7.98. The summed E-state index contributed by atoms with van der Waals surface area (Å²) >= 11 is 0. The van der Waals surface area contributed by atoms with Crippen LogP contribution in [0.1, 0.15) is 51.8 Å². The molecule has 3 heteroatoms. The highest BCUT2D eigenvalue weighted by molar-refractivity contribution is 5.97. The van der Waals surface area contributed by atoms with Gasteiger partial charge in [0.2, 0.25) is 0 Å². The fourth-order valence-corrected chi connectivity index (χ4v) is 3.41. The average molecular weight is 297 g/mol. The lowest BCUT2D eigenvalue weighted by Crippen LogP contribution is -2.38. The van der Waals surface area contributed by atoms with E-state index in [2.05, 4.69) is 30.3 Å². The molecule has 0 unspecified atom stereocenters. The fraction of sp³-hybridized carbons (Fsp3) is 0.421. The van der Waals surface area contributed by atoms with Crippen LogP contribution in [0.3, 0.4) is 0 Å². The first kappa shape index (κ1) is 14.9. The molecule has 0 N–H and O–H groups in total. The molecule has 1 amide bonds. The number of carbonyl (C=O) groups excluding carboxylic acids is 1. The minimum atomic E-state index is 0.123. The first-order valence-electron chi connectivity index (χ1n) is 7.98. The molecule has 0 radical (unpaired) electrons. The predicted molar refractivity (Wildman–Crippen MR) is 87.2 cm³/mol. The summed E-state index contributed by atoms with van der Waals surface area (Å²) in [6.07, 6.45) is 2.06. The molecular weight excluding hydrogens is 274 g/mol. The Morgan fingerprint density at radius 1 is 1.05 bits per heavy atom. The molecule has 1 aromatic carbocycles. The van der Waals surface area contributed by atoms with Gasteiger partial charge in [-0.3, -0.25) is 4.79 Å². The van der Waals surface area contributed by atoms with Crippen LogP contribution >= 0.6 is 0 Å². The van der Waals surface area contributed by atoms with Crippen LogP contribution in [0.4, 0.5) is 0 Å². The molecule has 1 aliphatic rings. The number of furan rings is 1. The minimum absolute atomic E-state index is 0.123. The molecule has 0 spiro atoms. The Morgan fingerprint density at radius 2 is 1.68 bits per heavy atom. The maximum Gasteiger partial charge on any atom is 0.257 e. The number of hydrogen-bond acceptors (Lipinski definition) is 2. The number of aryl methyl sites for hydroxylation is 2. The Labute approximate surface area is 131 Å². The second kappa shape index (κ2) is 5.99. The zero-order chi connectivity index (χ0) is 15.7. The second-order valence-electron chi connectivity index (χ2n) is 6.19. The summed E-state index contributed by atoms with van der Waals surface area (Å²) in [5.74, 6) is 2.28. The van der Waals surface area contributed by atoms with E-state index in [4.69, 9.17) is 4.42 Å². The Morgan fingerprint density at radius 3 is 2.23 bits per heavy atom. The Bertz CT molecular complexity index is 664. The number of piperidine rings is 1. The molecule has 3 rings (SSSR count). The van der Waals surface area contributed by atoms with Crippen molar-refractivity contribution in [1.82, 2.24) is 4.90 Å². The van der Waals surface area contributed by atoms with Gasteiger partial charge >= 0.3 is 0 Å². The third-order valence-electron chi connectivity index (χ3n) is 4.83. The van der Waals surface area contributed by atoms with Gasteiger partial charge in [-0.2, -0.15) is 0 Å². The highest BCUT2D eigenvalue weighted by atomic mass is 16.3. The number of hydrogen-bond donors (Lipinski definition) is 0. The highest BCUT2D eigenvalue weighted by Crippen LogP contribution is 2.30. The molecule has 2 aromatic rings. The lowest BCUT2D eigenvalue weighted by atomic mass is 9.89. The Balaban J connectivity index is 1.70. The van der Waals surface area contributed by atoms with Crippen LogP contribution in [0.25, 0.3) is 0 Å². The third kappa shape index (κ3) is 2.68. The summed E-state index contributed by atoms with van der Waals surface area (Å²) in [5.41, 5.74) is 3.13. The topological polar surface area (TPSA) is 33.5 Å². The van der Waals surface area contributed by atoms with Gasteiger partial charge in [-0.05, 0) is 45.1 Å². The lowest BCUT2D eigenvalue weighted by Gasteiger charge is -2.32. The van der Waals surface area contributed by atoms with Gasteiger partial charge in [0.05, 0.1) is 5.56 Å². The molecule has 2 heterocycles. The molecular formula is C19H23NO2. The van der Waals surface area contributed by atoms with Crippen LogP contribution in [-0.2, 0) is 0 Å². The number of rotatable bonds is 2. The smallest absolute Gasteiger partial charge is 0.257 e. The minimum Gasteiger partial charge on any atom is -0.466 e. The molecule has 1 aliphatic heterocycles. The molecule has 1 aromatic heterocycles. The van der Waals surface area contributed by atoms with Crippen molar-refractivity contribution < 1.29 is 9.21 Å². The van der Waals surface area contributed by atoms with Crippen molar-refractivity contribution in [2.24, 2.45) is 0 Å². The summed E-state index contributed by atoms with van der Waals surface area (Å²) in [6, 6.07) is 10.6. The van der Waals surface area contributed by atoms with Crippen molar-refractivity contribution in [3.8, 4) is 0 Å². The summed E-state index contributed by atoms with van der Waals surface area (Å²) in [4.78, 5) is 14.7. The maximum absolute atomic E-state index is 12.8. The van der Waals surface area contributed by atoms with Gasteiger partial charge in [-0.15, -0.1) is 0 Å². The number of benzene rings is 1. The summed E-state index contributed by atoms with van der Waals surface area (Å²) < 4.78 is 5.60. The standard InChI is InChI=1S/C19H23NO2/c1-13-14(2)22-15(3)18(13)19(21)20-11-9-17(10-12-20)16-7-5-4-6-8-16/h4-8,17H,9-12H2,1-3H3. The van der Waals surface area contributed by atoms with Gasteiger partial charge in [-0.1, -0.05) is 30.3 Å². The van der Waals surface area contributed by atoms with Gasteiger partial charge in [0.15, 0.2) is 0 Å². The third-order valence-corrected chi connectivity index (χ3v) is 4.83. The molecule has 22 heavy (non-hydrogen) atoms. The second-order valence-corrected chi connectivity index (χ2v) is 6.19. The van der Waals surface area contributed by atoms with Crippen molar-refractivity contribution >= 4 is 5.91 Å². The maximum atomic E-state index is 12.8. The zero-order valence-electron chi connectivity index (χ0n) is 13.6. The molecule has 0 saturated carbocycles. The summed E-state index contributed by atoms with van der Waals surface area (Å²) in [6.45, 7) is 7.41. The van der Waals surface area contributed by atoms with Gasteiger partial charge < -0.3 is 9.32 Å². The Kier molecular flexibility index (Phi) is 4.06.